The Kier molecular flexibility index (Phi) is 4.55. The largest absolute Gasteiger partial charge is 0.493 e. The van der Waals surface area contributed by atoms with Gasteiger partial charge in [-0.3, -0.25) is 20.0 Å². The number of carbonyl (C=O) groups is 1. The highest BCUT2D eigenvalue weighted by molar-refractivity contribution is 5.96. The van der Waals surface area contributed by atoms with Gasteiger partial charge >= 0.3 is 5.69 Å². The third-order valence-corrected chi connectivity index (χ3v) is 4.34. The van der Waals surface area contributed by atoms with Gasteiger partial charge in [0.2, 0.25) is 5.69 Å². The molecular weight excluding hydrogens is 328 g/mol. The van der Waals surface area contributed by atoms with E-state index in [-0.39, 0.29) is 17.4 Å². The van der Waals surface area contributed by atoms with Crippen molar-refractivity contribution in [2.45, 2.75) is 18.9 Å². The van der Waals surface area contributed by atoms with Gasteiger partial charge in [0.25, 0.3) is 5.91 Å². The molecule has 25 heavy (non-hydrogen) atoms. The van der Waals surface area contributed by atoms with E-state index >= 15 is 0 Å². The minimum atomic E-state index is -0.613. The van der Waals surface area contributed by atoms with Crippen LogP contribution in [0.2, 0.25) is 0 Å². The highest BCUT2D eigenvalue weighted by atomic mass is 16.6. The Morgan fingerprint density at radius 3 is 2.80 bits per heavy atom. The van der Waals surface area contributed by atoms with Crippen molar-refractivity contribution in [3.63, 3.8) is 0 Å². The van der Waals surface area contributed by atoms with Crippen LogP contribution in [0.4, 0.5) is 5.69 Å². The number of rotatable bonds is 5. The predicted octanol–water partition coefficient (Wildman–Crippen LogP) is 2.31. The molecule has 9 nitrogen and oxygen atoms in total. The van der Waals surface area contributed by atoms with Gasteiger partial charge in [-0.05, 0) is 30.5 Å². The number of benzene rings is 1. The van der Waals surface area contributed by atoms with Crippen LogP contribution < -0.4 is 9.47 Å². The van der Waals surface area contributed by atoms with Crippen LogP contribution in [0.1, 0.15) is 34.9 Å². The van der Waals surface area contributed by atoms with Crippen molar-refractivity contribution in [3.05, 3.63) is 45.8 Å². The molecule has 3 rings (SSSR count). The summed E-state index contributed by atoms with van der Waals surface area (Å²) < 4.78 is 10.6. The molecule has 0 bridgehead atoms. The van der Waals surface area contributed by atoms with E-state index in [0.29, 0.717) is 18.0 Å². The van der Waals surface area contributed by atoms with Crippen LogP contribution in [0.15, 0.2) is 24.4 Å². The van der Waals surface area contributed by atoms with Crippen molar-refractivity contribution in [2.75, 3.05) is 20.8 Å². The molecule has 1 aliphatic heterocycles. The number of carbonyl (C=O) groups excluding carboxylic acids is 1. The molecule has 1 saturated heterocycles. The Morgan fingerprint density at radius 2 is 2.12 bits per heavy atom. The first kappa shape index (κ1) is 16.7. The molecule has 0 saturated carbocycles. The maximum absolute atomic E-state index is 12.8. The highest BCUT2D eigenvalue weighted by Crippen LogP contribution is 2.38. The number of nitrogens with zero attached hydrogens (tertiary/aromatic N) is 3. The number of nitrogens with one attached hydrogen (secondary N) is 1. The summed E-state index contributed by atoms with van der Waals surface area (Å²) in [5.41, 5.74) is 0.478. The predicted molar refractivity (Wildman–Crippen MR) is 87.8 cm³/mol. The fourth-order valence-electron chi connectivity index (χ4n) is 3.14. The number of hydrogen-bond acceptors (Lipinski definition) is 6. The Hall–Kier alpha value is -3.10. The molecule has 2 aromatic rings. The summed E-state index contributed by atoms with van der Waals surface area (Å²) in [6.45, 7) is 0.522. The maximum Gasteiger partial charge on any atom is 0.319 e. The number of hydrogen-bond donors (Lipinski definition) is 1. The zero-order valence-corrected chi connectivity index (χ0v) is 13.9. The van der Waals surface area contributed by atoms with Crippen molar-refractivity contribution in [1.29, 1.82) is 0 Å². The summed E-state index contributed by atoms with van der Waals surface area (Å²) in [5.74, 6) is 0.750. The first-order valence-electron chi connectivity index (χ1n) is 7.77. The van der Waals surface area contributed by atoms with Crippen LogP contribution in [0, 0.1) is 10.1 Å². The third kappa shape index (κ3) is 3.00. The van der Waals surface area contributed by atoms with E-state index in [0.717, 1.165) is 24.6 Å². The van der Waals surface area contributed by atoms with E-state index in [1.54, 1.807) is 25.2 Å². The molecule has 1 amide bonds. The van der Waals surface area contributed by atoms with E-state index in [1.165, 1.54) is 0 Å². The van der Waals surface area contributed by atoms with Crippen LogP contribution in [0.3, 0.4) is 0 Å². The summed E-state index contributed by atoms with van der Waals surface area (Å²) in [6, 6.07) is 5.30. The molecule has 1 aliphatic rings. The molecule has 1 aromatic heterocycles. The summed E-state index contributed by atoms with van der Waals surface area (Å²) in [4.78, 5) is 24.9. The van der Waals surface area contributed by atoms with Gasteiger partial charge in [-0.25, -0.2) is 0 Å². The second kappa shape index (κ2) is 6.80. The van der Waals surface area contributed by atoms with E-state index in [4.69, 9.17) is 9.47 Å². The summed E-state index contributed by atoms with van der Waals surface area (Å²) >= 11 is 0. The van der Waals surface area contributed by atoms with E-state index in [9.17, 15) is 14.9 Å². The lowest BCUT2D eigenvalue weighted by Gasteiger charge is -2.25. The molecule has 132 valence electrons. The third-order valence-electron chi connectivity index (χ3n) is 4.34. The molecule has 1 aromatic carbocycles. The highest BCUT2D eigenvalue weighted by Gasteiger charge is 2.35. The number of amides is 1. The molecule has 0 radical (unpaired) electrons. The van der Waals surface area contributed by atoms with Gasteiger partial charge in [-0.2, -0.15) is 5.10 Å². The van der Waals surface area contributed by atoms with Crippen LogP contribution >= 0.6 is 0 Å². The molecule has 1 unspecified atom stereocenters. The zero-order valence-electron chi connectivity index (χ0n) is 13.9. The molecular formula is C16H18N4O5. The molecule has 9 heteroatoms. The average Bonchev–Trinajstić information content (AvgIpc) is 3.29. The lowest BCUT2D eigenvalue weighted by molar-refractivity contribution is -0.385. The minimum Gasteiger partial charge on any atom is -0.493 e. The quantitative estimate of drug-likeness (QED) is 0.657. The number of ether oxygens (including phenoxy) is 2. The second-order valence-corrected chi connectivity index (χ2v) is 5.66. The first-order chi connectivity index (χ1) is 12.1. The molecule has 0 spiro atoms. The van der Waals surface area contributed by atoms with Crippen molar-refractivity contribution in [2.24, 2.45) is 0 Å². The van der Waals surface area contributed by atoms with Gasteiger partial charge in [-0.15, -0.1) is 0 Å². The van der Waals surface area contributed by atoms with Crippen molar-refractivity contribution < 1.29 is 19.2 Å². The average molecular weight is 346 g/mol. The summed E-state index contributed by atoms with van der Waals surface area (Å²) in [6.07, 6.45) is 2.63. The Labute approximate surface area is 143 Å². The smallest absolute Gasteiger partial charge is 0.319 e. The number of likely N-dealkylation sites (tertiary alicyclic amines) is 1. The molecule has 2 heterocycles. The van der Waals surface area contributed by atoms with E-state index in [1.807, 2.05) is 12.1 Å². The van der Waals surface area contributed by atoms with Crippen molar-refractivity contribution in [3.8, 4) is 11.5 Å². The molecule has 1 atom stereocenters. The van der Waals surface area contributed by atoms with Crippen molar-refractivity contribution >= 4 is 11.6 Å². The zero-order chi connectivity index (χ0) is 18.0. The topological polar surface area (TPSA) is 111 Å². The monoisotopic (exact) mass is 346 g/mol. The normalized spacial score (nSPS) is 16.7. The van der Waals surface area contributed by atoms with Gasteiger partial charge < -0.3 is 14.4 Å². The standard InChI is InChI=1S/C16H18N4O5/c1-24-13-6-5-10(8-14(13)25-2)11-4-3-7-19(11)16(21)15-12(20(22)23)9-17-18-15/h5-6,8-9,11H,3-4,7H2,1-2H3,(H,17,18). The first-order valence-corrected chi connectivity index (χ1v) is 7.77. The minimum absolute atomic E-state index is 0.0997. The molecule has 1 N–H and O–H groups in total. The SMILES string of the molecule is COc1ccc(C2CCCN2C(=O)c2[nH]ncc2[N+](=O)[O-])cc1OC. The van der Waals surface area contributed by atoms with Gasteiger partial charge in [0.05, 0.1) is 25.2 Å². The fourth-order valence-corrected chi connectivity index (χ4v) is 3.14. The van der Waals surface area contributed by atoms with Crippen LogP contribution in [0.5, 0.6) is 11.5 Å². The molecule has 0 aliphatic carbocycles. The number of aromatic amines is 1. The van der Waals surface area contributed by atoms with Crippen LogP contribution in [-0.2, 0) is 0 Å². The van der Waals surface area contributed by atoms with Crippen molar-refractivity contribution in [1.82, 2.24) is 15.1 Å². The van der Waals surface area contributed by atoms with Gasteiger partial charge in [0.1, 0.15) is 6.20 Å². The number of aromatic nitrogens is 2. The van der Waals surface area contributed by atoms with Crippen LogP contribution in [-0.4, -0.2) is 46.7 Å². The lowest BCUT2D eigenvalue weighted by atomic mass is 10.0. The van der Waals surface area contributed by atoms with Gasteiger partial charge in [0.15, 0.2) is 11.5 Å². The Balaban J connectivity index is 1.91. The number of nitro groups is 1. The summed E-state index contributed by atoms with van der Waals surface area (Å²) in [7, 11) is 3.10. The fraction of sp³-hybridized carbons (Fsp3) is 0.375. The van der Waals surface area contributed by atoms with E-state index in [2.05, 4.69) is 10.2 Å². The van der Waals surface area contributed by atoms with Gasteiger partial charge in [0, 0.05) is 6.54 Å². The maximum atomic E-state index is 12.8. The van der Waals surface area contributed by atoms with E-state index < -0.39 is 10.8 Å². The number of methoxy groups -OCH3 is 2. The van der Waals surface area contributed by atoms with Crippen LogP contribution in [0.25, 0.3) is 0 Å². The Morgan fingerprint density at radius 1 is 1.36 bits per heavy atom. The molecule has 1 fully saturated rings. The number of H-pyrrole nitrogens is 1. The summed E-state index contributed by atoms with van der Waals surface area (Å²) in [5, 5.41) is 17.1. The Bertz CT molecular complexity index is 804. The van der Waals surface area contributed by atoms with Gasteiger partial charge in [-0.1, -0.05) is 6.07 Å². The second-order valence-electron chi connectivity index (χ2n) is 5.66. The lowest BCUT2D eigenvalue weighted by Crippen LogP contribution is -2.31.